The van der Waals surface area contributed by atoms with Crippen molar-refractivity contribution >= 4 is 17.7 Å². The molecular formula is C23H17ClN2O3. The Hall–Kier alpha value is -3.49. The summed E-state index contributed by atoms with van der Waals surface area (Å²) in [5.41, 5.74) is 4.50. The normalized spacial score (nSPS) is 15.1. The molecule has 2 heterocycles. The summed E-state index contributed by atoms with van der Waals surface area (Å²) >= 11 is 5.97. The molecule has 1 fully saturated rings. The molecule has 0 radical (unpaired) electrons. The van der Waals surface area contributed by atoms with Crippen molar-refractivity contribution in [1.82, 2.24) is 10.3 Å². The van der Waals surface area contributed by atoms with E-state index in [1.807, 2.05) is 42.5 Å². The largest absolute Gasteiger partial charge is 0.497 e. The van der Waals surface area contributed by atoms with Crippen LogP contribution in [0.5, 0.6) is 5.75 Å². The van der Waals surface area contributed by atoms with Crippen molar-refractivity contribution in [1.29, 1.82) is 0 Å². The summed E-state index contributed by atoms with van der Waals surface area (Å²) in [4.78, 5) is 15.6. The predicted molar refractivity (Wildman–Crippen MR) is 111 cm³/mol. The van der Waals surface area contributed by atoms with Crippen molar-refractivity contribution < 1.29 is 14.3 Å². The van der Waals surface area contributed by atoms with Crippen molar-refractivity contribution in [2.24, 2.45) is 0 Å². The predicted octanol–water partition coefficient (Wildman–Crippen LogP) is 4.59. The van der Waals surface area contributed by atoms with E-state index in [9.17, 15) is 4.79 Å². The lowest BCUT2D eigenvalue weighted by molar-refractivity contribution is 0.177. The Morgan fingerprint density at radius 2 is 1.90 bits per heavy atom. The summed E-state index contributed by atoms with van der Waals surface area (Å²) in [5.74, 6) is 6.99. The number of carbonyl (C=O) groups excluding carboxylic acids is 1. The van der Waals surface area contributed by atoms with Gasteiger partial charge in [0.1, 0.15) is 12.4 Å². The van der Waals surface area contributed by atoms with Gasteiger partial charge in [0.05, 0.1) is 18.2 Å². The Morgan fingerprint density at radius 1 is 1.10 bits per heavy atom. The van der Waals surface area contributed by atoms with E-state index in [-0.39, 0.29) is 12.6 Å². The van der Waals surface area contributed by atoms with E-state index in [1.54, 1.807) is 25.6 Å². The number of cyclic esters (lactones) is 1. The molecule has 1 aliphatic heterocycles. The van der Waals surface area contributed by atoms with Gasteiger partial charge in [-0.2, -0.15) is 0 Å². The summed E-state index contributed by atoms with van der Waals surface area (Å²) in [7, 11) is 1.63. The monoisotopic (exact) mass is 404 g/mol. The molecule has 1 aliphatic rings. The van der Waals surface area contributed by atoms with Gasteiger partial charge in [-0.15, -0.1) is 0 Å². The molecule has 0 saturated carbocycles. The number of hydrogen-bond acceptors (Lipinski definition) is 4. The third-order valence-corrected chi connectivity index (χ3v) is 4.76. The molecule has 1 atom stereocenters. The van der Waals surface area contributed by atoms with Gasteiger partial charge in [-0.1, -0.05) is 41.6 Å². The first kappa shape index (κ1) is 18.9. The molecule has 3 aromatic rings. The molecule has 1 saturated heterocycles. The number of benzene rings is 2. The first-order valence-corrected chi connectivity index (χ1v) is 9.34. The molecular weight excluding hydrogens is 388 g/mol. The maximum Gasteiger partial charge on any atom is 0.407 e. The Labute approximate surface area is 173 Å². The standard InChI is InChI=1S/C23H17ClN2O3/c1-28-19-7-5-17(6-8-19)20-9-4-15(2-3-16-10-18(24)13-25-12-16)11-21(20)22-14-29-23(27)26-22/h4-13,22H,14H2,1H3,(H,26,27). The van der Waals surface area contributed by atoms with Gasteiger partial charge in [0.2, 0.25) is 0 Å². The van der Waals surface area contributed by atoms with Crippen LogP contribution in [-0.4, -0.2) is 24.8 Å². The van der Waals surface area contributed by atoms with Crippen molar-refractivity contribution in [2.45, 2.75) is 6.04 Å². The van der Waals surface area contributed by atoms with E-state index < -0.39 is 6.09 Å². The molecule has 4 rings (SSSR count). The van der Waals surface area contributed by atoms with Gasteiger partial charge in [0.15, 0.2) is 0 Å². The molecule has 6 heteroatoms. The van der Waals surface area contributed by atoms with Crippen molar-refractivity contribution in [3.05, 3.63) is 82.6 Å². The fourth-order valence-electron chi connectivity index (χ4n) is 3.14. The number of pyridine rings is 1. The number of methoxy groups -OCH3 is 1. The smallest absolute Gasteiger partial charge is 0.407 e. The second kappa shape index (κ2) is 8.26. The quantitative estimate of drug-likeness (QED) is 0.648. The highest BCUT2D eigenvalue weighted by molar-refractivity contribution is 6.30. The van der Waals surface area contributed by atoms with Crippen LogP contribution < -0.4 is 10.1 Å². The zero-order valence-electron chi connectivity index (χ0n) is 15.6. The molecule has 29 heavy (non-hydrogen) atoms. The molecule has 1 amide bonds. The number of carbonyl (C=O) groups is 1. The summed E-state index contributed by atoms with van der Waals surface area (Å²) in [6.45, 7) is 0.275. The van der Waals surface area contributed by atoms with Gasteiger partial charge in [-0.05, 0) is 47.0 Å². The van der Waals surface area contributed by atoms with Crippen LogP contribution in [0.4, 0.5) is 4.79 Å². The highest BCUT2D eigenvalue weighted by atomic mass is 35.5. The molecule has 0 bridgehead atoms. The van der Waals surface area contributed by atoms with Gasteiger partial charge in [0.25, 0.3) is 0 Å². The van der Waals surface area contributed by atoms with Gasteiger partial charge in [-0.25, -0.2) is 4.79 Å². The van der Waals surface area contributed by atoms with E-state index in [0.29, 0.717) is 5.02 Å². The minimum atomic E-state index is -0.419. The van der Waals surface area contributed by atoms with Crippen LogP contribution in [-0.2, 0) is 4.74 Å². The van der Waals surface area contributed by atoms with E-state index in [0.717, 1.165) is 33.6 Å². The van der Waals surface area contributed by atoms with E-state index in [4.69, 9.17) is 21.1 Å². The number of nitrogens with one attached hydrogen (secondary N) is 1. The first-order chi connectivity index (χ1) is 14.1. The maximum atomic E-state index is 11.6. The molecule has 2 aromatic carbocycles. The minimum absolute atomic E-state index is 0.241. The maximum absolute atomic E-state index is 11.6. The number of aromatic nitrogens is 1. The van der Waals surface area contributed by atoms with Gasteiger partial charge in [0, 0.05) is 23.5 Å². The third-order valence-electron chi connectivity index (χ3n) is 4.56. The molecule has 0 spiro atoms. The van der Waals surface area contributed by atoms with Crippen molar-refractivity contribution in [3.8, 4) is 28.7 Å². The van der Waals surface area contributed by atoms with Crippen molar-refractivity contribution in [2.75, 3.05) is 13.7 Å². The summed E-state index contributed by atoms with van der Waals surface area (Å²) in [6, 6.07) is 15.2. The Bertz CT molecular complexity index is 1120. The van der Waals surface area contributed by atoms with Gasteiger partial charge in [-0.3, -0.25) is 4.98 Å². The minimum Gasteiger partial charge on any atom is -0.497 e. The van der Waals surface area contributed by atoms with Gasteiger partial charge < -0.3 is 14.8 Å². The number of alkyl carbamates (subject to hydrolysis) is 1. The number of nitrogens with zero attached hydrogens (tertiary/aromatic N) is 1. The number of ether oxygens (including phenoxy) is 2. The number of amides is 1. The van der Waals surface area contributed by atoms with E-state index in [2.05, 4.69) is 22.1 Å². The van der Waals surface area contributed by atoms with Crippen LogP contribution in [0.25, 0.3) is 11.1 Å². The fourth-order valence-corrected chi connectivity index (χ4v) is 3.31. The van der Waals surface area contributed by atoms with Crippen molar-refractivity contribution in [3.63, 3.8) is 0 Å². The van der Waals surface area contributed by atoms with Gasteiger partial charge >= 0.3 is 6.09 Å². The molecule has 5 nitrogen and oxygen atoms in total. The summed E-state index contributed by atoms with van der Waals surface area (Å²) in [5, 5.41) is 3.39. The average molecular weight is 405 g/mol. The lowest BCUT2D eigenvalue weighted by Gasteiger charge is -2.15. The Balaban J connectivity index is 1.73. The van der Waals surface area contributed by atoms with Crippen LogP contribution in [0, 0.1) is 11.8 Å². The summed E-state index contributed by atoms with van der Waals surface area (Å²) < 4.78 is 10.3. The number of halogens is 1. The number of hydrogen-bond donors (Lipinski definition) is 1. The van der Waals surface area contributed by atoms with Crippen LogP contribution in [0.15, 0.2) is 60.9 Å². The second-order valence-electron chi connectivity index (χ2n) is 6.47. The molecule has 144 valence electrons. The number of rotatable bonds is 3. The zero-order chi connectivity index (χ0) is 20.2. The summed E-state index contributed by atoms with van der Waals surface area (Å²) in [6.07, 6.45) is 2.81. The zero-order valence-corrected chi connectivity index (χ0v) is 16.4. The van der Waals surface area contributed by atoms with E-state index in [1.165, 1.54) is 0 Å². The SMILES string of the molecule is COc1ccc(-c2ccc(C#Cc3cncc(Cl)c3)cc2C2COC(=O)N2)cc1. The van der Waals surface area contributed by atoms with Crippen LogP contribution >= 0.6 is 11.6 Å². The third kappa shape index (κ3) is 4.34. The lowest BCUT2D eigenvalue weighted by Crippen LogP contribution is -2.19. The Kier molecular flexibility index (Phi) is 5.37. The lowest BCUT2D eigenvalue weighted by atomic mass is 9.93. The fraction of sp³-hybridized carbons (Fsp3) is 0.130. The topological polar surface area (TPSA) is 60.5 Å². The second-order valence-corrected chi connectivity index (χ2v) is 6.90. The Morgan fingerprint density at radius 3 is 2.59 bits per heavy atom. The molecule has 1 unspecified atom stereocenters. The molecule has 0 aliphatic carbocycles. The van der Waals surface area contributed by atoms with Crippen LogP contribution in [0.3, 0.4) is 0 Å². The average Bonchev–Trinajstić information content (AvgIpc) is 3.18. The van der Waals surface area contributed by atoms with E-state index >= 15 is 0 Å². The highest BCUT2D eigenvalue weighted by Gasteiger charge is 2.26. The first-order valence-electron chi connectivity index (χ1n) is 8.96. The van der Waals surface area contributed by atoms with Crippen LogP contribution in [0.1, 0.15) is 22.7 Å². The molecule has 1 N–H and O–H groups in total. The highest BCUT2D eigenvalue weighted by Crippen LogP contribution is 2.32. The van der Waals surface area contributed by atoms with Crippen LogP contribution in [0.2, 0.25) is 5.02 Å². The molecule has 1 aromatic heterocycles.